The van der Waals surface area contributed by atoms with Crippen molar-refractivity contribution >= 4 is 6.16 Å². The standard InChI is InChI=1S/C22H23NO6/c1-14(2)10-19-21(29-22(24)27-16-8-6-5-7-9-16)28-20(23-19)15-11-17(25-3)13-18(12-15)26-4/h5-9,11-14H,10H2,1-4H3. The van der Waals surface area contributed by atoms with E-state index in [2.05, 4.69) is 4.98 Å². The predicted octanol–water partition coefficient (Wildman–Crippen LogP) is 5.14. The van der Waals surface area contributed by atoms with Gasteiger partial charge in [0.15, 0.2) is 0 Å². The minimum absolute atomic E-state index is 0.0106. The van der Waals surface area contributed by atoms with E-state index >= 15 is 0 Å². The molecule has 0 saturated carbocycles. The number of nitrogens with zero attached hydrogens (tertiary/aromatic N) is 1. The van der Waals surface area contributed by atoms with Crippen LogP contribution in [0.5, 0.6) is 23.2 Å². The van der Waals surface area contributed by atoms with E-state index in [1.807, 2.05) is 19.9 Å². The highest BCUT2D eigenvalue weighted by atomic mass is 16.8. The van der Waals surface area contributed by atoms with Gasteiger partial charge < -0.3 is 23.4 Å². The molecule has 0 spiro atoms. The van der Waals surface area contributed by atoms with Crippen LogP contribution in [0.4, 0.5) is 4.79 Å². The van der Waals surface area contributed by atoms with E-state index in [-0.39, 0.29) is 11.9 Å². The van der Waals surface area contributed by atoms with Crippen LogP contribution in [0.15, 0.2) is 52.9 Å². The summed E-state index contributed by atoms with van der Waals surface area (Å²) in [4.78, 5) is 16.7. The minimum Gasteiger partial charge on any atom is -0.497 e. The zero-order valence-electron chi connectivity index (χ0n) is 16.8. The second-order valence-electron chi connectivity index (χ2n) is 6.72. The summed E-state index contributed by atoms with van der Waals surface area (Å²) < 4.78 is 26.8. The Morgan fingerprint density at radius 2 is 1.62 bits per heavy atom. The van der Waals surface area contributed by atoms with Gasteiger partial charge in [0.25, 0.3) is 0 Å². The van der Waals surface area contributed by atoms with Crippen LogP contribution in [0.25, 0.3) is 11.5 Å². The lowest BCUT2D eigenvalue weighted by Crippen LogP contribution is -2.14. The summed E-state index contributed by atoms with van der Waals surface area (Å²) in [6.07, 6.45) is -0.328. The molecule has 0 radical (unpaired) electrons. The fraction of sp³-hybridized carbons (Fsp3) is 0.273. The average molecular weight is 397 g/mol. The van der Waals surface area contributed by atoms with Gasteiger partial charge in [-0.05, 0) is 36.6 Å². The molecule has 1 heterocycles. The molecule has 152 valence electrons. The summed E-state index contributed by atoms with van der Waals surface area (Å²) in [6, 6.07) is 13.9. The molecule has 29 heavy (non-hydrogen) atoms. The number of carbonyl (C=O) groups excluding carboxylic acids is 1. The molecule has 0 N–H and O–H groups in total. The van der Waals surface area contributed by atoms with Gasteiger partial charge in [0.2, 0.25) is 5.89 Å². The van der Waals surface area contributed by atoms with Crippen LogP contribution >= 0.6 is 0 Å². The largest absolute Gasteiger partial charge is 0.521 e. The molecule has 0 unspecified atom stereocenters. The number of oxazole rings is 1. The first-order valence-electron chi connectivity index (χ1n) is 9.16. The van der Waals surface area contributed by atoms with Gasteiger partial charge in [-0.1, -0.05) is 32.0 Å². The van der Waals surface area contributed by atoms with E-state index in [1.165, 1.54) is 0 Å². The first kappa shape index (κ1) is 20.3. The van der Waals surface area contributed by atoms with Crippen LogP contribution in [0, 0.1) is 5.92 Å². The number of methoxy groups -OCH3 is 2. The molecule has 0 atom stereocenters. The van der Waals surface area contributed by atoms with Crippen LogP contribution in [0.3, 0.4) is 0 Å². The van der Waals surface area contributed by atoms with Gasteiger partial charge in [0.05, 0.1) is 14.2 Å². The monoisotopic (exact) mass is 397 g/mol. The van der Waals surface area contributed by atoms with Crippen LogP contribution < -0.4 is 18.9 Å². The van der Waals surface area contributed by atoms with Crippen LogP contribution in [-0.4, -0.2) is 25.4 Å². The Bertz CT molecular complexity index is 942. The molecule has 3 rings (SSSR count). The number of carbonyl (C=O) groups is 1. The number of hydrogen-bond acceptors (Lipinski definition) is 7. The van der Waals surface area contributed by atoms with E-state index in [0.717, 1.165) is 0 Å². The van der Waals surface area contributed by atoms with Crippen molar-refractivity contribution in [3.05, 3.63) is 54.2 Å². The summed E-state index contributed by atoms with van der Waals surface area (Å²) >= 11 is 0. The number of hydrogen-bond donors (Lipinski definition) is 0. The highest BCUT2D eigenvalue weighted by Crippen LogP contribution is 2.33. The number of rotatable bonds is 7. The van der Waals surface area contributed by atoms with Crippen molar-refractivity contribution in [2.75, 3.05) is 14.2 Å². The Labute approximate surface area is 169 Å². The number of ether oxygens (including phenoxy) is 4. The van der Waals surface area contributed by atoms with E-state index < -0.39 is 6.16 Å². The van der Waals surface area contributed by atoms with E-state index in [1.54, 1.807) is 56.7 Å². The van der Waals surface area contributed by atoms with Crippen molar-refractivity contribution < 1.29 is 28.2 Å². The highest BCUT2D eigenvalue weighted by molar-refractivity contribution is 5.67. The van der Waals surface area contributed by atoms with E-state index in [0.29, 0.717) is 40.8 Å². The van der Waals surface area contributed by atoms with Crippen molar-refractivity contribution in [1.82, 2.24) is 4.98 Å². The molecule has 0 amide bonds. The lowest BCUT2D eigenvalue weighted by molar-refractivity contribution is 0.139. The molecule has 0 fully saturated rings. The summed E-state index contributed by atoms with van der Waals surface area (Å²) in [5.74, 6) is 2.14. The zero-order valence-corrected chi connectivity index (χ0v) is 16.8. The maximum Gasteiger partial charge on any atom is 0.521 e. The third-order valence-corrected chi connectivity index (χ3v) is 3.98. The summed E-state index contributed by atoms with van der Waals surface area (Å²) in [7, 11) is 3.12. The van der Waals surface area contributed by atoms with Gasteiger partial charge in [-0.2, -0.15) is 0 Å². The van der Waals surface area contributed by atoms with E-state index in [9.17, 15) is 4.79 Å². The SMILES string of the molecule is COc1cc(OC)cc(-c2nc(CC(C)C)c(OC(=O)Oc3ccccc3)o2)c1. The molecule has 2 aromatic carbocycles. The Hall–Kier alpha value is -3.48. The zero-order chi connectivity index (χ0) is 20.8. The van der Waals surface area contributed by atoms with Crippen molar-refractivity contribution in [3.63, 3.8) is 0 Å². The second-order valence-corrected chi connectivity index (χ2v) is 6.72. The highest BCUT2D eigenvalue weighted by Gasteiger charge is 2.22. The summed E-state index contributed by atoms with van der Waals surface area (Å²) in [6.45, 7) is 4.07. The van der Waals surface area contributed by atoms with Crippen LogP contribution in [0.1, 0.15) is 19.5 Å². The first-order chi connectivity index (χ1) is 14.0. The molecule has 7 heteroatoms. The van der Waals surface area contributed by atoms with Crippen molar-refractivity contribution in [3.8, 4) is 34.6 Å². The lowest BCUT2D eigenvalue weighted by atomic mass is 10.1. The van der Waals surface area contributed by atoms with Gasteiger partial charge in [-0.25, -0.2) is 9.78 Å². The van der Waals surface area contributed by atoms with Gasteiger partial charge in [0.1, 0.15) is 22.9 Å². The Kier molecular flexibility index (Phi) is 6.39. The predicted molar refractivity (Wildman–Crippen MR) is 107 cm³/mol. The lowest BCUT2D eigenvalue weighted by Gasteiger charge is -2.06. The molecular weight excluding hydrogens is 374 g/mol. The van der Waals surface area contributed by atoms with Gasteiger partial charge in [-0.15, -0.1) is 0 Å². The van der Waals surface area contributed by atoms with Gasteiger partial charge >= 0.3 is 12.1 Å². The minimum atomic E-state index is -0.896. The van der Waals surface area contributed by atoms with Crippen molar-refractivity contribution in [2.45, 2.75) is 20.3 Å². The fourth-order valence-electron chi connectivity index (χ4n) is 2.67. The number of aromatic nitrogens is 1. The molecule has 7 nitrogen and oxygen atoms in total. The molecule has 1 aromatic heterocycles. The molecule has 0 aliphatic carbocycles. The summed E-state index contributed by atoms with van der Waals surface area (Å²) in [5, 5.41) is 0. The van der Waals surface area contributed by atoms with Gasteiger partial charge in [0, 0.05) is 11.6 Å². The third-order valence-electron chi connectivity index (χ3n) is 3.98. The Morgan fingerprint density at radius 1 is 0.966 bits per heavy atom. The molecule has 0 aliphatic heterocycles. The normalized spacial score (nSPS) is 10.7. The topological polar surface area (TPSA) is 80.0 Å². The smallest absolute Gasteiger partial charge is 0.497 e. The maximum absolute atomic E-state index is 12.2. The van der Waals surface area contributed by atoms with Gasteiger partial charge in [-0.3, -0.25) is 0 Å². The van der Waals surface area contributed by atoms with Crippen LogP contribution in [-0.2, 0) is 6.42 Å². The number of benzene rings is 2. The molecular formula is C22H23NO6. The van der Waals surface area contributed by atoms with Crippen molar-refractivity contribution in [1.29, 1.82) is 0 Å². The quantitative estimate of drug-likeness (QED) is 0.403. The van der Waals surface area contributed by atoms with Crippen molar-refractivity contribution in [2.24, 2.45) is 5.92 Å². The molecule has 3 aromatic rings. The Balaban J connectivity index is 1.89. The number of para-hydroxylation sites is 1. The van der Waals surface area contributed by atoms with Crippen LogP contribution in [0.2, 0.25) is 0 Å². The molecule has 0 saturated heterocycles. The average Bonchev–Trinajstić information content (AvgIpc) is 3.09. The summed E-state index contributed by atoms with van der Waals surface area (Å²) in [5.41, 5.74) is 1.17. The Morgan fingerprint density at radius 3 is 2.21 bits per heavy atom. The maximum atomic E-state index is 12.2. The molecule has 0 bridgehead atoms. The first-order valence-corrected chi connectivity index (χ1v) is 9.16. The molecule has 0 aliphatic rings. The third kappa shape index (κ3) is 5.28. The fourth-order valence-corrected chi connectivity index (χ4v) is 2.67. The second kappa shape index (κ2) is 9.14. The van der Waals surface area contributed by atoms with E-state index in [4.69, 9.17) is 23.4 Å².